The van der Waals surface area contributed by atoms with Crippen LogP contribution in [0.2, 0.25) is 0 Å². The van der Waals surface area contributed by atoms with Crippen molar-refractivity contribution in [3.63, 3.8) is 0 Å². The highest BCUT2D eigenvalue weighted by Gasteiger charge is 2.22. The molecule has 1 atom stereocenters. The minimum Gasteiger partial charge on any atom is -0.339 e. The van der Waals surface area contributed by atoms with E-state index in [1.165, 1.54) is 0 Å². The van der Waals surface area contributed by atoms with Crippen molar-refractivity contribution in [2.24, 2.45) is 0 Å². The van der Waals surface area contributed by atoms with Crippen LogP contribution in [0, 0.1) is 0 Å². The van der Waals surface area contributed by atoms with Gasteiger partial charge in [0, 0.05) is 37.1 Å². The largest absolute Gasteiger partial charge is 0.339 e. The molecule has 3 rings (SSSR count). The van der Waals surface area contributed by atoms with Crippen LogP contribution in [0.5, 0.6) is 0 Å². The van der Waals surface area contributed by atoms with Gasteiger partial charge in [0.15, 0.2) is 0 Å². The van der Waals surface area contributed by atoms with Crippen LogP contribution in [0.25, 0.3) is 5.69 Å². The molecule has 1 amide bonds. The van der Waals surface area contributed by atoms with Gasteiger partial charge in [-0.3, -0.25) is 4.79 Å². The number of carbonyl (C=O) groups excluding carboxylic acids is 1. The van der Waals surface area contributed by atoms with Gasteiger partial charge in [-0.05, 0) is 57.6 Å². The van der Waals surface area contributed by atoms with Crippen LogP contribution in [0.1, 0.15) is 29.6 Å². The number of benzene rings is 1. The smallest absolute Gasteiger partial charge is 0.253 e. The first-order chi connectivity index (χ1) is 11.1. The molecule has 0 aliphatic carbocycles. The highest BCUT2D eigenvalue weighted by atomic mass is 16.2. The molecular weight excluding hydrogens is 288 g/mol. The van der Waals surface area contributed by atoms with Crippen molar-refractivity contribution >= 4 is 5.91 Å². The average Bonchev–Trinajstić information content (AvgIpc) is 2.98. The van der Waals surface area contributed by atoms with E-state index in [0.717, 1.165) is 43.6 Å². The monoisotopic (exact) mass is 312 g/mol. The Morgan fingerprint density at radius 1 is 1.22 bits per heavy atom. The molecule has 5 nitrogen and oxygen atoms in total. The van der Waals surface area contributed by atoms with Gasteiger partial charge in [0.2, 0.25) is 0 Å². The molecule has 1 aromatic carbocycles. The molecule has 1 fully saturated rings. The van der Waals surface area contributed by atoms with E-state index in [0.29, 0.717) is 6.04 Å². The number of carbonyl (C=O) groups is 1. The average molecular weight is 312 g/mol. The zero-order chi connectivity index (χ0) is 16.2. The number of amides is 1. The molecule has 0 unspecified atom stereocenters. The number of likely N-dealkylation sites (tertiary alicyclic amines) is 1. The van der Waals surface area contributed by atoms with Crippen molar-refractivity contribution in [2.75, 3.05) is 27.2 Å². The van der Waals surface area contributed by atoms with Gasteiger partial charge < -0.3 is 9.80 Å². The Labute approximate surface area is 137 Å². The first-order valence-corrected chi connectivity index (χ1v) is 8.21. The summed E-state index contributed by atoms with van der Waals surface area (Å²) in [6, 6.07) is 10.2. The molecule has 0 bridgehead atoms. The van der Waals surface area contributed by atoms with E-state index in [4.69, 9.17) is 0 Å². The summed E-state index contributed by atoms with van der Waals surface area (Å²) in [5.74, 6) is 0.124. The predicted molar refractivity (Wildman–Crippen MR) is 90.8 cm³/mol. The van der Waals surface area contributed by atoms with Gasteiger partial charge >= 0.3 is 0 Å². The summed E-state index contributed by atoms with van der Waals surface area (Å²) >= 11 is 0. The van der Waals surface area contributed by atoms with Crippen LogP contribution >= 0.6 is 0 Å². The van der Waals surface area contributed by atoms with Crippen molar-refractivity contribution in [1.82, 2.24) is 19.6 Å². The molecule has 0 N–H and O–H groups in total. The third kappa shape index (κ3) is 3.62. The van der Waals surface area contributed by atoms with Crippen LogP contribution in [0.3, 0.4) is 0 Å². The molecule has 1 aliphatic heterocycles. The second kappa shape index (κ2) is 6.96. The van der Waals surface area contributed by atoms with E-state index in [1.54, 1.807) is 10.9 Å². The maximum Gasteiger partial charge on any atom is 0.253 e. The second-order valence-electron chi connectivity index (χ2n) is 6.34. The van der Waals surface area contributed by atoms with Crippen molar-refractivity contribution < 1.29 is 4.79 Å². The fourth-order valence-electron chi connectivity index (χ4n) is 3.18. The number of hydrogen-bond donors (Lipinski definition) is 0. The fraction of sp³-hybridized carbons (Fsp3) is 0.444. The maximum absolute atomic E-state index is 12.8. The fourth-order valence-corrected chi connectivity index (χ4v) is 3.18. The second-order valence-corrected chi connectivity index (χ2v) is 6.34. The SMILES string of the molecule is CN(C)[C@H]1CCCN(C(=O)c2cccc(-n3cccn3)c2)CC1. The maximum atomic E-state index is 12.8. The summed E-state index contributed by atoms with van der Waals surface area (Å²) < 4.78 is 1.78. The zero-order valence-electron chi connectivity index (χ0n) is 13.9. The quantitative estimate of drug-likeness (QED) is 0.874. The van der Waals surface area contributed by atoms with E-state index >= 15 is 0 Å². The summed E-state index contributed by atoms with van der Waals surface area (Å²) in [6.45, 7) is 1.67. The van der Waals surface area contributed by atoms with Gasteiger partial charge in [0.05, 0.1) is 5.69 Å². The summed E-state index contributed by atoms with van der Waals surface area (Å²) in [5.41, 5.74) is 1.66. The molecule has 1 aliphatic rings. The van der Waals surface area contributed by atoms with Crippen LogP contribution < -0.4 is 0 Å². The van der Waals surface area contributed by atoms with E-state index in [1.807, 2.05) is 41.4 Å². The van der Waals surface area contributed by atoms with Crippen molar-refractivity contribution in [3.8, 4) is 5.69 Å². The van der Waals surface area contributed by atoms with Crippen LogP contribution in [-0.2, 0) is 0 Å². The van der Waals surface area contributed by atoms with E-state index in [-0.39, 0.29) is 5.91 Å². The van der Waals surface area contributed by atoms with E-state index < -0.39 is 0 Å². The van der Waals surface area contributed by atoms with Gasteiger partial charge in [-0.15, -0.1) is 0 Å². The molecule has 0 saturated carbocycles. The van der Waals surface area contributed by atoms with Gasteiger partial charge in [-0.2, -0.15) is 5.10 Å². The van der Waals surface area contributed by atoms with E-state index in [9.17, 15) is 4.79 Å². The highest BCUT2D eigenvalue weighted by molar-refractivity contribution is 5.94. The van der Waals surface area contributed by atoms with Gasteiger partial charge in [0.1, 0.15) is 0 Å². The molecule has 1 aromatic heterocycles. The van der Waals surface area contributed by atoms with Crippen molar-refractivity contribution in [1.29, 1.82) is 0 Å². The van der Waals surface area contributed by atoms with Gasteiger partial charge in [0.25, 0.3) is 5.91 Å². The summed E-state index contributed by atoms with van der Waals surface area (Å²) in [6.07, 6.45) is 6.89. The topological polar surface area (TPSA) is 41.4 Å². The van der Waals surface area contributed by atoms with Gasteiger partial charge in [-0.25, -0.2) is 4.68 Å². The molecule has 2 heterocycles. The van der Waals surface area contributed by atoms with Crippen molar-refractivity contribution in [2.45, 2.75) is 25.3 Å². The minimum absolute atomic E-state index is 0.124. The zero-order valence-corrected chi connectivity index (χ0v) is 13.9. The van der Waals surface area contributed by atoms with Crippen LogP contribution in [0.15, 0.2) is 42.7 Å². The van der Waals surface area contributed by atoms with Gasteiger partial charge in [-0.1, -0.05) is 6.07 Å². The lowest BCUT2D eigenvalue weighted by atomic mass is 10.1. The molecule has 5 heteroatoms. The summed E-state index contributed by atoms with van der Waals surface area (Å²) in [5, 5.41) is 4.23. The normalized spacial score (nSPS) is 18.9. The molecule has 1 saturated heterocycles. The Morgan fingerprint density at radius 2 is 2.09 bits per heavy atom. The Bertz CT molecular complexity index is 651. The number of hydrogen-bond acceptors (Lipinski definition) is 3. The lowest BCUT2D eigenvalue weighted by molar-refractivity contribution is 0.0758. The number of nitrogens with zero attached hydrogens (tertiary/aromatic N) is 4. The molecule has 0 spiro atoms. The summed E-state index contributed by atoms with van der Waals surface area (Å²) in [4.78, 5) is 17.1. The standard InChI is InChI=1S/C18H24N4O/c1-20(2)16-8-4-11-21(13-9-16)18(23)15-6-3-7-17(14-15)22-12-5-10-19-22/h3,5-7,10,12,14,16H,4,8-9,11,13H2,1-2H3/t16-/m0/s1. The van der Waals surface area contributed by atoms with Crippen LogP contribution in [0.4, 0.5) is 0 Å². The van der Waals surface area contributed by atoms with Crippen molar-refractivity contribution in [3.05, 3.63) is 48.3 Å². The first kappa shape index (κ1) is 15.7. The first-order valence-electron chi connectivity index (χ1n) is 8.21. The Morgan fingerprint density at radius 3 is 2.83 bits per heavy atom. The molecule has 23 heavy (non-hydrogen) atoms. The number of aromatic nitrogens is 2. The minimum atomic E-state index is 0.124. The van der Waals surface area contributed by atoms with Crippen LogP contribution in [-0.4, -0.2) is 58.7 Å². The predicted octanol–water partition coefficient (Wildman–Crippen LogP) is 2.43. The Hall–Kier alpha value is -2.14. The third-order valence-electron chi connectivity index (χ3n) is 4.58. The lowest BCUT2D eigenvalue weighted by Gasteiger charge is -2.23. The van der Waals surface area contributed by atoms with E-state index in [2.05, 4.69) is 24.1 Å². The Balaban J connectivity index is 1.74. The number of rotatable bonds is 3. The molecule has 122 valence electrons. The highest BCUT2D eigenvalue weighted by Crippen LogP contribution is 2.18. The summed E-state index contributed by atoms with van der Waals surface area (Å²) in [7, 11) is 4.24. The molecule has 2 aromatic rings. The Kier molecular flexibility index (Phi) is 4.76. The molecular formula is C18H24N4O. The third-order valence-corrected chi connectivity index (χ3v) is 4.58. The lowest BCUT2D eigenvalue weighted by Crippen LogP contribution is -2.33. The molecule has 0 radical (unpaired) electrons.